The second-order valence-electron chi connectivity index (χ2n) is 3.50. The molecular weight excluding hydrogens is 153 g/mol. The van der Waals surface area contributed by atoms with Gasteiger partial charge in [0.1, 0.15) is 0 Å². The average molecular weight is 169 g/mol. The maximum absolute atomic E-state index is 7.82. The van der Waals surface area contributed by atoms with Crippen molar-refractivity contribution in [3.63, 3.8) is 0 Å². The van der Waals surface area contributed by atoms with E-state index in [0.29, 0.717) is 5.69 Å². The van der Waals surface area contributed by atoms with E-state index in [4.69, 9.17) is 5.73 Å². The first-order valence-electron chi connectivity index (χ1n) is 4.25. The van der Waals surface area contributed by atoms with Crippen LogP contribution >= 0.6 is 0 Å². The molecule has 2 heteroatoms. The van der Waals surface area contributed by atoms with Crippen molar-refractivity contribution in [2.75, 3.05) is 0 Å². The minimum absolute atomic E-state index is 0. The van der Waals surface area contributed by atoms with Crippen LogP contribution in [0.3, 0.4) is 0 Å². The molecule has 0 heterocycles. The molecule has 66 valence electrons. The predicted octanol–water partition coefficient (Wildman–Crippen LogP) is 0.916. The van der Waals surface area contributed by atoms with Gasteiger partial charge in [-0.25, -0.2) is 0 Å². The van der Waals surface area contributed by atoms with Crippen molar-refractivity contribution in [1.29, 1.82) is 0 Å². The number of hydrogen-bond acceptors (Lipinski definition) is 0. The predicted molar refractivity (Wildman–Crippen MR) is 54.1 cm³/mol. The molecule has 13 heavy (non-hydrogen) atoms. The maximum atomic E-state index is 7.82. The van der Waals surface area contributed by atoms with Crippen LogP contribution in [0.4, 0.5) is 5.69 Å². The summed E-state index contributed by atoms with van der Waals surface area (Å²) < 4.78 is 0. The van der Waals surface area contributed by atoms with Crippen LogP contribution in [0.5, 0.6) is 0 Å². The van der Waals surface area contributed by atoms with Gasteiger partial charge in [-0.15, -0.1) is 5.69 Å². The van der Waals surface area contributed by atoms with Crippen molar-refractivity contribution in [3.8, 4) is 0 Å². The normalized spacial score (nSPS) is 9.62. The number of nitrogens with one attached hydrogen (secondary N) is 1. The molecule has 0 saturated carbocycles. The van der Waals surface area contributed by atoms with E-state index in [0.717, 1.165) is 11.1 Å². The standard InChI is InChI=1S/C11H16N.Li/c1-6-7(2)9(4)11(12)10(5)8(6)3;/h12H,1-5H3;/q-1;+1. The van der Waals surface area contributed by atoms with E-state index in [1.165, 1.54) is 16.7 Å². The molecule has 1 nitrogen and oxygen atoms in total. The van der Waals surface area contributed by atoms with Gasteiger partial charge in [-0.1, -0.05) is 11.1 Å². The number of hydrogen-bond donors (Lipinski definition) is 0. The molecule has 0 aliphatic rings. The Morgan fingerprint density at radius 2 is 0.846 bits per heavy atom. The van der Waals surface area contributed by atoms with E-state index in [1.54, 1.807) is 0 Å². The van der Waals surface area contributed by atoms with Gasteiger partial charge in [0.05, 0.1) is 0 Å². The fourth-order valence-electron chi connectivity index (χ4n) is 1.50. The van der Waals surface area contributed by atoms with Crippen molar-refractivity contribution >= 4 is 5.69 Å². The summed E-state index contributed by atoms with van der Waals surface area (Å²) in [6.45, 7) is 10.4. The van der Waals surface area contributed by atoms with Crippen molar-refractivity contribution in [1.82, 2.24) is 0 Å². The Bertz CT molecular complexity index is 224. The van der Waals surface area contributed by atoms with Crippen LogP contribution in [0.25, 0.3) is 5.73 Å². The summed E-state index contributed by atoms with van der Waals surface area (Å²) in [6.07, 6.45) is 0. The van der Waals surface area contributed by atoms with Crippen LogP contribution < -0.4 is 18.9 Å². The molecule has 0 atom stereocenters. The Kier molecular flexibility index (Phi) is 4.10. The van der Waals surface area contributed by atoms with Gasteiger partial charge in [-0.3, -0.25) is 0 Å². The van der Waals surface area contributed by atoms with Gasteiger partial charge in [0.25, 0.3) is 0 Å². The van der Waals surface area contributed by atoms with Gasteiger partial charge in [0.2, 0.25) is 0 Å². The minimum Gasteiger partial charge on any atom is -0.698 e. The molecule has 0 aliphatic heterocycles. The first kappa shape index (κ1) is 12.6. The summed E-state index contributed by atoms with van der Waals surface area (Å²) in [7, 11) is 0. The Morgan fingerprint density at radius 3 is 1.15 bits per heavy atom. The second-order valence-corrected chi connectivity index (χ2v) is 3.50. The molecule has 1 aromatic rings. The van der Waals surface area contributed by atoms with Crippen LogP contribution in [0.2, 0.25) is 0 Å². The summed E-state index contributed by atoms with van der Waals surface area (Å²) in [5.74, 6) is 0. The van der Waals surface area contributed by atoms with Gasteiger partial charge in [-0.05, 0) is 51.3 Å². The van der Waals surface area contributed by atoms with Crippen molar-refractivity contribution in [2.45, 2.75) is 34.6 Å². The smallest absolute Gasteiger partial charge is 0.698 e. The number of benzene rings is 1. The molecule has 0 bridgehead atoms. The van der Waals surface area contributed by atoms with Crippen LogP contribution in [-0.4, -0.2) is 0 Å². The molecular formula is C11H16LiN. The summed E-state index contributed by atoms with van der Waals surface area (Å²) in [4.78, 5) is 0. The Morgan fingerprint density at radius 1 is 0.615 bits per heavy atom. The third kappa shape index (κ3) is 1.93. The molecule has 0 spiro atoms. The molecule has 0 radical (unpaired) electrons. The summed E-state index contributed by atoms with van der Waals surface area (Å²) >= 11 is 0. The first-order valence-corrected chi connectivity index (χ1v) is 4.25. The fraction of sp³-hybridized carbons (Fsp3) is 0.455. The van der Waals surface area contributed by atoms with Crippen molar-refractivity contribution < 1.29 is 18.9 Å². The quantitative estimate of drug-likeness (QED) is 0.516. The Labute approximate surface area is 92.9 Å². The fourth-order valence-corrected chi connectivity index (χ4v) is 1.50. The summed E-state index contributed by atoms with van der Waals surface area (Å²) in [6, 6.07) is 0. The van der Waals surface area contributed by atoms with Crippen LogP contribution in [0, 0.1) is 34.6 Å². The van der Waals surface area contributed by atoms with Gasteiger partial charge < -0.3 is 5.73 Å². The van der Waals surface area contributed by atoms with E-state index < -0.39 is 0 Å². The molecule has 0 aliphatic carbocycles. The van der Waals surface area contributed by atoms with E-state index in [1.807, 2.05) is 13.8 Å². The van der Waals surface area contributed by atoms with E-state index in [2.05, 4.69) is 20.8 Å². The van der Waals surface area contributed by atoms with Gasteiger partial charge in [-0.2, -0.15) is 0 Å². The SMILES string of the molecule is Cc1c(C)c(C)c([NH-])c(C)c1C.[Li+]. The zero-order chi connectivity index (χ0) is 9.46. The average Bonchev–Trinajstić information content (AvgIpc) is 2.08. The topological polar surface area (TPSA) is 23.8 Å². The Hall–Kier alpha value is -0.383. The summed E-state index contributed by atoms with van der Waals surface area (Å²) in [5.41, 5.74) is 14.6. The van der Waals surface area contributed by atoms with Gasteiger partial charge in [0.15, 0.2) is 0 Å². The number of rotatable bonds is 0. The largest absolute Gasteiger partial charge is 1.00 e. The minimum atomic E-state index is 0. The van der Waals surface area contributed by atoms with E-state index in [-0.39, 0.29) is 18.9 Å². The van der Waals surface area contributed by atoms with E-state index >= 15 is 0 Å². The zero-order valence-corrected chi connectivity index (χ0v) is 9.50. The zero-order valence-electron chi connectivity index (χ0n) is 9.50. The van der Waals surface area contributed by atoms with Gasteiger partial charge in [0, 0.05) is 0 Å². The molecule has 0 saturated heterocycles. The molecule has 0 fully saturated rings. The third-order valence-corrected chi connectivity index (χ3v) is 3.00. The monoisotopic (exact) mass is 169 g/mol. The molecule has 1 aromatic carbocycles. The first-order chi connectivity index (χ1) is 5.46. The Balaban J connectivity index is 0.00000144. The maximum Gasteiger partial charge on any atom is 1.00 e. The molecule has 1 N–H and O–H groups in total. The molecule has 1 rings (SSSR count). The molecule has 0 unspecified atom stereocenters. The third-order valence-electron chi connectivity index (χ3n) is 3.00. The van der Waals surface area contributed by atoms with Crippen LogP contribution in [0.1, 0.15) is 27.8 Å². The molecule has 0 amide bonds. The second kappa shape index (κ2) is 4.22. The summed E-state index contributed by atoms with van der Waals surface area (Å²) in [5, 5.41) is 0. The van der Waals surface area contributed by atoms with Crippen LogP contribution in [0.15, 0.2) is 0 Å². The molecule has 0 aromatic heterocycles. The van der Waals surface area contributed by atoms with E-state index in [9.17, 15) is 0 Å². The van der Waals surface area contributed by atoms with Crippen LogP contribution in [-0.2, 0) is 0 Å². The van der Waals surface area contributed by atoms with Crippen molar-refractivity contribution in [3.05, 3.63) is 33.6 Å². The van der Waals surface area contributed by atoms with Crippen molar-refractivity contribution in [2.24, 2.45) is 0 Å². The van der Waals surface area contributed by atoms with Gasteiger partial charge >= 0.3 is 18.9 Å².